The second-order valence-electron chi connectivity index (χ2n) is 4.96. The highest BCUT2D eigenvalue weighted by Gasteiger charge is 2.18. The summed E-state index contributed by atoms with van der Waals surface area (Å²) in [4.78, 5) is 4.46. The third-order valence-electron chi connectivity index (χ3n) is 3.47. The van der Waals surface area contributed by atoms with Crippen LogP contribution in [-0.4, -0.2) is 19.3 Å². The lowest BCUT2D eigenvalue weighted by Crippen LogP contribution is -2.05. The molecule has 6 nitrogen and oxygen atoms in total. The van der Waals surface area contributed by atoms with Crippen molar-refractivity contribution in [2.24, 2.45) is 7.05 Å². The molecule has 0 atom stereocenters. The fraction of sp³-hybridized carbons (Fsp3) is 0.267. The van der Waals surface area contributed by atoms with Crippen LogP contribution in [0.15, 0.2) is 24.3 Å². The molecule has 0 radical (unpaired) electrons. The second-order valence-corrected chi connectivity index (χ2v) is 4.96. The van der Waals surface area contributed by atoms with Gasteiger partial charge in [0.2, 0.25) is 5.95 Å². The van der Waals surface area contributed by atoms with Crippen molar-refractivity contribution < 1.29 is 0 Å². The molecule has 0 amide bonds. The van der Waals surface area contributed by atoms with Crippen molar-refractivity contribution in [2.45, 2.75) is 19.8 Å². The summed E-state index contributed by atoms with van der Waals surface area (Å²) in [5.41, 5.74) is 10.3. The van der Waals surface area contributed by atoms with Gasteiger partial charge in [0.1, 0.15) is 5.52 Å². The molecule has 6 heteroatoms. The molecule has 0 fully saturated rings. The SMILES string of the molecule is CCCc1nn(C)c2c1nc(N)n2-c1ccc(C#N)cc1. The largest absolute Gasteiger partial charge is 0.369 e. The summed E-state index contributed by atoms with van der Waals surface area (Å²) in [5, 5.41) is 13.4. The Morgan fingerprint density at radius 2 is 2.00 bits per heavy atom. The maximum Gasteiger partial charge on any atom is 0.207 e. The Bertz CT molecular complexity index is 832. The Kier molecular flexibility index (Phi) is 3.10. The molecule has 0 aliphatic heterocycles. The molecule has 2 N–H and O–H groups in total. The molecule has 2 aromatic heterocycles. The summed E-state index contributed by atoms with van der Waals surface area (Å²) < 4.78 is 3.67. The molecule has 21 heavy (non-hydrogen) atoms. The standard InChI is InChI=1S/C15H16N6/c1-3-4-12-13-14(20(2)19-12)21(15(17)18-13)11-7-5-10(9-16)6-8-11/h5-8H,3-4H2,1-2H3,(H2,17,18). The zero-order valence-electron chi connectivity index (χ0n) is 12.0. The molecule has 0 spiro atoms. The molecule has 0 saturated carbocycles. The van der Waals surface area contributed by atoms with Gasteiger partial charge in [-0.15, -0.1) is 0 Å². The fourth-order valence-corrected chi connectivity index (χ4v) is 2.54. The minimum absolute atomic E-state index is 0.431. The van der Waals surface area contributed by atoms with Gasteiger partial charge < -0.3 is 5.73 Å². The van der Waals surface area contributed by atoms with E-state index in [4.69, 9.17) is 11.0 Å². The van der Waals surface area contributed by atoms with E-state index in [0.29, 0.717) is 11.5 Å². The van der Waals surface area contributed by atoms with Gasteiger partial charge in [0.05, 0.1) is 23.0 Å². The highest BCUT2D eigenvalue weighted by Crippen LogP contribution is 2.25. The van der Waals surface area contributed by atoms with Crippen molar-refractivity contribution in [1.82, 2.24) is 19.3 Å². The molecule has 106 valence electrons. The van der Waals surface area contributed by atoms with Gasteiger partial charge in [-0.3, -0.25) is 4.57 Å². The Morgan fingerprint density at radius 3 is 2.62 bits per heavy atom. The molecule has 0 bridgehead atoms. The van der Waals surface area contributed by atoms with Crippen molar-refractivity contribution in [1.29, 1.82) is 5.26 Å². The van der Waals surface area contributed by atoms with E-state index in [0.717, 1.165) is 35.4 Å². The number of nitrogens with zero attached hydrogens (tertiary/aromatic N) is 5. The predicted molar refractivity (Wildman–Crippen MR) is 81.0 cm³/mol. The van der Waals surface area contributed by atoms with Crippen LogP contribution in [0.25, 0.3) is 16.9 Å². The Labute approximate surface area is 122 Å². The van der Waals surface area contributed by atoms with Gasteiger partial charge in [0, 0.05) is 7.05 Å². The van der Waals surface area contributed by atoms with Gasteiger partial charge >= 0.3 is 0 Å². The first-order chi connectivity index (χ1) is 10.2. The molecule has 0 saturated heterocycles. The summed E-state index contributed by atoms with van der Waals surface area (Å²) in [6, 6.07) is 9.37. The molecule has 3 aromatic rings. The Morgan fingerprint density at radius 1 is 1.29 bits per heavy atom. The highest BCUT2D eigenvalue weighted by molar-refractivity contribution is 5.80. The molecule has 3 rings (SSSR count). The van der Waals surface area contributed by atoms with E-state index in [1.54, 1.807) is 12.1 Å². The summed E-state index contributed by atoms with van der Waals surface area (Å²) >= 11 is 0. The number of imidazole rings is 1. The van der Waals surface area contributed by atoms with Crippen LogP contribution in [-0.2, 0) is 13.5 Å². The number of fused-ring (bicyclic) bond motifs is 1. The van der Waals surface area contributed by atoms with Gasteiger partial charge in [-0.1, -0.05) is 13.3 Å². The van der Waals surface area contributed by atoms with E-state index in [-0.39, 0.29) is 0 Å². The molecule has 0 aliphatic rings. The first-order valence-electron chi connectivity index (χ1n) is 6.86. The van der Waals surface area contributed by atoms with E-state index < -0.39 is 0 Å². The lowest BCUT2D eigenvalue weighted by Gasteiger charge is -2.06. The van der Waals surface area contributed by atoms with Gasteiger partial charge in [0.25, 0.3) is 0 Å². The minimum atomic E-state index is 0.431. The van der Waals surface area contributed by atoms with Crippen molar-refractivity contribution in [3.63, 3.8) is 0 Å². The predicted octanol–water partition coefficient (Wildman–Crippen LogP) is 2.17. The Hall–Kier alpha value is -2.81. The summed E-state index contributed by atoms with van der Waals surface area (Å²) in [7, 11) is 1.89. The van der Waals surface area contributed by atoms with Gasteiger partial charge in [-0.25, -0.2) is 9.67 Å². The molecular weight excluding hydrogens is 264 g/mol. The lowest BCUT2D eigenvalue weighted by atomic mass is 10.2. The first kappa shape index (κ1) is 13.2. The number of hydrogen-bond donors (Lipinski definition) is 1. The average Bonchev–Trinajstić information content (AvgIpc) is 2.97. The van der Waals surface area contributed by atoms with Gasteiger partial charge in [-0.2, -0.15) is 10.4 Å². The second kappa shape index (κ2) is 4.94. The van der Waals surface area contributed by atoms with E-state index >= 15 is 0 Å². The van der Waals surface area contributed by atoms with Crippen LogP contribution < -0.4 is 5.73 Å². The van der Waals surface area contributed by atoms with E-state index in [1.807, 2.05) is 28.4 Å². The van der Waals surface area contributed by atoms with E-state index in [2.05, 4.69) is 23.1 Å². The topological polar surface area (TPSA) is 85.5 Å². The maximum absolute atomic E-state index is 8.88. The number of aromatic nitrogens is 4. The monoisotopic (exact) mass is 280 g/mol. The van der Waals surface area contributed by atoms with E-state index in [1.165, 1.54) is 0 Å². The number of benzene rings is 1. The third kappa shape index (κ3) is 2.03. The number of aryl methyl sites for hydroxylation is 2. The molecular formula is C15H16N6. The summed E-state index contributed by atoms with van der Waals surface area (Å²) in [6.45, 7) is 2.11. The minimum Gasteiger partial charge on any atom is -0.369 e. The number of rotatable bonds is 3. The lowest BCUT2D eigenvalue weighted by molar-refractivity contribution is 0.738. The maximum atomic E-state index is 8.88. The molecule has 2 heterocycles. The van der Waals surface area contributed by atoms with Crippen LogP contribution in [0.3, 0.4) is 0 Å². The smallest absolute Gasteiger partial charge is 0.207 e. The molecule has 0 aliphatic carbocycles. The van der Waals surface area contributed by atoms with Crippen molar-refractivity contribution in [3.8, 4) is 11.8 Å². The molecule has 0 unspecified atom stereocenters. The third-order valence-corrected chi connectivity index (χ3v) is 3.47. The van der Waals surface area contributed by atoms with E-state index in [9.17, 15) is 0 Å². The van der Waals surface area contributed by atoms with Crippen LogP contribution in [0.1, 0.15) is 24.6 Å². The Balaban J connectivity index is 2.22. The summed E-state index contributed by atoms with van der Waals surface area (Å²) in [6.07, 6.45) is 1.89. The zero-order valence-corrected chi connectivity index (χ0v) is 12.0. The zero-order chi connectivity index (χ0) is 15.0. The highest BCUT2D eigenvalue weighted by atomic mass is 15.3. The van der Waals surface area contributed by atoms with Crippen molar-refractivity contribution >= 4 is 17.1 Å². The number of nitrogen functional groups attached to an aromatic ring is 1. The molecule has 1 aromatic carbocycles. The van der Waals surface area contributed by atoms with Crippen LogP contribution in [0, 0.1) is 11.3 Å². The van der Waals surface area contributed by atoms with Crippen LogP contribution in [0.2, 0.25) is 0 Å². The first-order valence-corrected chi connectivity index (χ1v) is 6.86. The summed E-state index contributed by atoms with van der Waals surface area (Å²) in [5.74, 6) is 0.431. The quantitative estimate of drug-likeness (QED) is 0.796. The number of hydrogen-bond acceptors (Lipinski definition) is 4. The number of anilines is 1. The van der Waals surface area contributed by atoms with Crippen molar-refractivity contribution in [3.05, 3.63) is 35.5 Å². The van der Waals surface area contributed by atoms with Crippen LogP contribution >= 0.6 is 0 Å². The average molecular weight is 280 g/mol. The normalized spacial score (nSPS) is 10.9. The fourth-order valence-electron chi connectivity index (χ4n) is 2.54. The van der Waals surface area contributed by atoms with Crippen molar-refractivity contribution in [2.75, 3.05) is 5.73 Å². The number of nitriles is 1. The van der Waals surface area contributed by atoms with Gasteiger partial charge in [-0.05, 0) is 30.7 Å². The number of nitrogens with two attached hydrogens (primary N) is 1. The van der Waals surface area contributed by atoms with Gasteiger partial charge in [0.15, 0.2) is 5.65 Å². The van der Waals surface area contributed by atoms with Crippen LogP contribution in [0.4, 0.5) is 5.95 Å². The van der Waals surface area contributed by atoms with Crippen LogP contribution in [0.5, 0.6) is 0 Å².